The maximum atomic E-state index is 11.3. The molecule has 8 nitrogen and oxygen atoms in total. The molecular formula is C15H12N4O4. The number of nitro benzene ring substituents is 2. The van der Waals surface area contributed by atoms with Crippen molar-refractivity contribution in [1.82, 2.24) is 4.57 Å². The van der Waals surface area contributed by atoms with Crippen LogP contribution in [0.2, 0.25) is 0 Å². The zero-order valence-corrected chi connectivity index (χ0v) is 12.1. The molecule has 1 heterocycles. The first kappa shape index (κ1) is 14.5. The lowest BCUT2D eigenvalue weighted by Crippen LogP contribution is -2.02. The number of benzene rings is 2. The van der Waals surface area contributed by atoms with Gasteiger partial charge in [0, 0.05) is 12.7 Å². The Balaban J connectivity index is 2.44. The molecular weight excluding hydrogens is 300 g/mol. The van der Waals surface area contributed by atoms with Crippen LogP contribution in [0.4, 0.5) is 17.1 Å². The van der Waals surface area contributed by atoms with Gasteiger partial charge >= 0.3 is 5.69 Å². The average molecular weight is 312 g/mol. The van der Waals surface area contributed by atoms with E-state index in [-0.39, 0.29) is 22.3 Å². The van der Waals surface area contributed by atoms with Gasteiger partial charge in [-0.05, 0) is 11.6 Å². The van der Waals surface area contributed by atoms with E-state index in [4.69, 9.17) is 5.73 Å². The summed E-state index contributed by atoms with van der Waals surface area (Å²) in [6, 6.07) is 11.8. The quantitative estimate of drug-likeness (QED) is 0.452. The Labute approximate surface area is 130 Å². The number of hydrogen-bond acceptors (Lipinski definition) is 5. The number of nitro groups is 2. The fourth-order valence-corrected chi connectivity index (χ4v) is 2.72. The highest BCUT2D eigenvalue weighted by Gasteiger charge is 2.27. The molecule has 1 aromatic heterocycles. The van der Waals surface area contributed by atoms with Crippen LogP contribution >= 0.6 is 0 Å². The molecule has 0 unspecified atom stereocenters. The molecule has 0 radical (unpaired) electrons. The standard InChI is InChI=1S/C15H12N4O4/c1-17-11(9-5-3-2-4-6-9)7-10-12(18(20)21)8-13(19(22)23)14(16)15(10)17/h2-8H,16H2,1H3. The first-order valence-electron chi connectivity index (χ1n) is 6.68. The van der Waals surface area contributed by atoms with Crippen LogP contribution in [-0.4, -0.2) is 14.4 Å². The highest BCUT2D eigenvalue weighted by molar-refractivity contribution is 6.04. The van der Waals surface area contributed by atoms with Crippen LogP contribution in [0.1, 0.15) is 0 Å². The number of aryl methyl sites for hydroxylation is 1. The average Bonchev–Trinajstić information content (AvgIpc) is 2.86. The van der Waals surface area contributed by atoms with Gasteiger partial charge in [-0.25, -0.2) is 0 Å². The van der Waals surface area contributed by atoms with Crippen LogP contribution < -0.4 is 5.73 Å². The second-order valence-electron chi connectivity index (χ2n) is 5.06. The first-order valence-corrected chi connectivity index (χ1v) is 6.68. The topological polar surface area (TPSA) is 117 Å². The second kappa shape index (κ2) is 5.09. The van der Waals surface area contributed by atoms with Crippen molar-refractivity contribution in [3.63, 3.8) is 0 Å². The molecule has 0 saturated heterocycles. The third kappa shape index (κ3) is 2.16. The lowest BCUT2D eigenvalue weighted by molar-refractivity contribution is -0.392. The van der Waals surface area contributed by atoms with Crippen LogP contribution in [0.15, 0.2) is 42.5 Å². The Bertz CT molecular complexity index is 947. The fraction of sp³-hybridized carbons (Fsp3) is 0.0667. The van der Waals surface area contributed by atoms with Gasteiger partial charge in [0.1, 0.15) is 5.69 Å². The summed E-state index contributed by atoms with van der Waals surface area (Å²) in [5.74, 6) is 0. The summed E-state index contributed by atoms with van der Waals surface area (Å²) < 4.78 is 1.64. The Kier molecular flexibility index (Phi) is 3.21. The van der Waals surface area contributed by atoms with E-state index in [1.165, 1.54) is 0 Å². The van der Waals surface area contributed by atoms with Gasteiger partial charge in [0.05, 0.1) is 26.8 Å². The number of nitrogens with zero attached hydrogens (tertiary/aromatic N) is 3. The third-order valence-electron chi connectivity index (χ3n) is 3.78. The number of hydrogen-bond donors (Lipinski definition) is 1. The van der Waals surface area contributed by atoms with Crippen LogP contribution in [0.3, 0.4) is 0 Å². The summed E-state index contributed by atoms with van der Waals surface area (Å²) in [5.41, 5.74) is 6.82. The number of nitrogens with two attached hydrogens (primary N) is 1. The second-order valence-corrected chi connectivity index (χ2v) is 5.06. The van der Waals surface area contributed by atoms with E-state index in [0.29, 0.717) is 5.69 Å². The van der Waals surface area contributed by atoms with Gasteiger partial charge in [-0.15, -0.1) is 0 Å². The fourth-order valence-electron chi connectivity index (χ4n) is 2.72. The van der Waals surface area contributed by atoms with E-state index in [2.05, 4.69) is 0 Å². The van der Waals surface area contributed by atoms with Crippen molar-refractivity contribution < 1.29 is 9.85 Å². The van der Waals surface area contributed by atoms with Crippen molar-refractivity contribution in [2.24, 2.45) is 7.05 Å². The van der Waals surface area contributed by atoms with Crippen LogP contribution in [-0.2, 0) is 7.05 Å². The van der Waals surface area contributed by atoms with Crippen LogP contribution in [0.5, 0.6) is 0 Å². The Morgan fingerprint density at radius 3 is 2.17 bits per heavy atom. The molecule has 0 aliphatic carbocycles. The molecule has 3 aromatic rings. The monoisotopic (exact) mass is 312 g/mol. The van der Waals surface area contributed by atoms with E-state index in [9.17, 15) is 20.2 Å². The molecule has 0 bridgehead atoms. The molecule has 0 amide bonds. The van der Waals surface area contributed by atoms with Gasteiger partial charge < -0.3 is 10.3 Å². The third-order valence-corrected chi connectivity index (χ3v) is 3.78. The van der Waals surface area contributed by atoms with E-state index < -0.39 is 15.5 Å². The highest BCUT2D eigenvalue weighted by atomic mass is 16.6. The molecule has 2 aromatic carbocycles. The Morgan fingerprint density at radius 1 is 1.00 bits per heavy atom. The van der Waals surface area contributed by atoms with Gasteiger partial charge in [0.15, 0.2) is 0 Å². The normalized spacial score (nSPS) is 10.8. The number of rotatable bonds is 3. The SMILES string of the molecule is Cn1c(-c2ccccc2)cc2c([N+](=O)[O-])cc([N+](=O)[O-])c(N)c21. The number of fused-ring (bicyclic) bond motifs is 1. The van der Waals surface area contributed by atoms with Gasteiger partial charge in [-0.3, -0.25) is 20.2 Å². The van der Waals surface area contributed by atoms with Crippen LogP contribution in [0.25, 0.3) is 22.2 Å². The molecule has 3 rings (SSSR count). The van der Waals surface area contributed by atoms with E-state index in [1.807, 2.05) is 30.3 Å². The summed E-state index contributed by atoms with van der Waals surface area (Å²) in [6.45, 7) is 0. The van der Waals surface area contributed by atoms with E-state index >= 15 is 0 Å². The van der Waals surface area contributed by atoms with Crippen molar-refractivity contribution in [3.05, 3.63) is 62.7 Å². The molecule has 0 atom stereocenters. The molecule has 0 aliphatic heterocycles. The lowest BCUT2D eigenvalue weighted by atomic mass is 10.1. The number of aromatic nitrogens is 1. The largest absolute Gasteiger partial charge is 0.391 e. The smallest absolute Gasteiger partial charge is 0.301 e. The highest BCUT2D eigenvalue weighted by Crippen LogP contribution is 2.40. The summed E-state index contributed by atoms with van der Waals surface area (Å²) in [6.07, 6.45) is 0. The Morgan fingerprint density at radius 2 is 1.61 bits per heavy atom. The number of anilines is 1. The van der Waals surface area contributed by atoms with Gasteiger partial charge in [0.2, 0.25) is 0 Å². The van der Waals surface area contributed by atoms with Crippen molar-refractivity contribution in [2.75, 3.05) is 5.73 Å². The predicted octanol–water partition coefficient (Wildman–Crippen LogP) is 3.24. The number of nitrogen functional groups attached to an aromatic ring is 1. The van der Waals surface area contributed by atoms with Gasteiger partial charge in [0.25, 0.3) is 5.69 Å². The molecule has 2 N–H and O–H groups in total. The van der Waals surface area contributed by atoms with Crippen molar-refractivity contribution >= 4 is 28.0 Å². The van der Waals surface area contributed by atoms with E-state index in [0.717, 1.165) is 11.6 Å². The zero-order valence-electron chi connectivity index (χ0n) is 12.1. The van der Waals surface area contributed by atoms with Crippen molar-refractivity contribution in [1.29, 1.82) is 0 Å². The van der Waals surface area contributed by atoms with E-state index in [1.54, 1.807) is 17.7 Å². The lowest BCUT2D eigenvalue weighted by Gasteiger charge is -2.06. The van der Waals surface area contributed by atoms with Gasteiger partial charge in [-0.1, -0.05) is 30.3 Å². The minimum Gasteiger partial charge on any atom is -0.391 e. The molecule has 116 valence electrons. The number of non-ortho nitro benzene ring substituents is 1. The van der Waals surface area contributed by atoms with Crippen molar-refractivity contribution in [2.45, 2.75) is 0 Å². The summed E-state index contributed by atoms with van der Waals surface area (Å²) in [7, 11) is 1.68. The minimum absolute atomic E-state index is 0.0831. The maximum absolute atomic E-state index is 11.3. The zero-order chi connectivity index (χ0) is 16.7. The molecule has 0 aliphatic rings. The summed E-state index contributed by atoms with van der Waals surface area (Å²) >= 11 is 0. The molecule has 0 spiro atoms. The molecule has 0 saturated carbocycles. The maximum Gasteiger partial charge on any atom is 0.301 e. The molecule has 23 heavy (non-hydrogen) atoms. The summed E-state index contributed by atoms with van der Waals surface area (Å²) in [4.78, 5) is 21.1. The Hall–Kier alpha value is -3.42. The first-order chi connectivity index (χ1) is 10.9. The summed E-state index contributed by atoms with van der Waals surface area (Å²) in [5, 5.41) is 22.7. The molecule has 0 fully saturated rings. The molecule has 8 heteroatoms. The van der Waals surface area contributed by atoms with Crippen molar-refractivity contribution in [3.8, 4) is 11.3 Å². The van der Waals surface area contributed by atoms with Gasteiger partial charge in [-0.2, -0.15) is 0 Å². The predicted molar refractivity (Wildman–Crippen MR) is 86.1 cm³/mol. The minimum atomic E-state index is -0.711. The van der Waals surface area contributed by atoms with Crippen LogP contribution in [0, 0.1) is 20.2 Å².